The van der Waals surface area contributed by atoms with E-state index in [1.807, 2.05) is 7.05 Å². The molecule has 0 aliphatic heterocycles. The fourth-order valence-corrected chi connectivity index (χ4v) is 12.3. The van der Waals surface area contributed by atoms with E-state index < -0.39 is 22.9 Å². The molecule has 0 aromatic carbocycles. The number of amides is 1. The third kappa shape index (κ3) is 5.17. The van der Waals surface area contributed by atoms with Gasteiger partial charge in [-0.25, -0.2) is 4.98 Å². The van der Waals surface area contributed by atoms with E-state index in [1.54, 1.807) is 30.9 Å². The summed E-state index contributed by atoms with van der Waals surface area (Å²) in [6.45, 7) is 19.4. The number of rotatable bonds is 7. The number of carbonyl (C=O) groups is 4. The van der Waals surface area contributed by atoms with E-state index in [0.717, 1.165) is 51.4 Å². The summed E-state index contributed by atoms with van der Waals surface area (Å²) in [7, 11) is 1.82. The molecule has 5 aliphatic carbocycles. The maximum absolute atomic E-state index is 13.9. The largest absolute Gasteiger partial charge is 0.481 e. The number of ether oxygens (including phenoxy) is 1. The third-order valence-electron chi connectivity index (χ3n) is 15.1. The first-order chi connectivity index (χ1) is 22.6. The lowest BCUT2D eigenvalue weighted by Gasteiger charge is -2.70. The molecule has 4 fully saturated rings. The molecule has 49 heavy (non-hydrogen) atoms. The molecule has 5 aliphatic rings. The van der Waals surface area contributed by atoms with Crippen LogP contribution < -0.4 is 5.32 Å². The van der Waals surface area contributed by atoms with Crippen molar-refractivity contribution in [1.82, 2.24) is 14.9 Å². The first-order valence-electron chi connectivity index (χ1n) is 18.6. The highest BCUT2D eigenvalue weighted by molar-refractivity contribution is 5.97. The van der Waals surface area contributed by atoms with Gasteiger partial charge in [-0.2, -0.15) is 0 Å². The highest BCUT2D eigenvalue weighted by Crippen LogP contribution is 2.75. The summed E-state index contributed by atoms with van der Waals surface area (Å²) in [6.07, 6.45) is 10.6. The molecule has 1 aromatic heterocycles. The van der Waals surface area contributed by atoms with Crippen LogP contribution in [0.1, 0.15) is 137 Å². The van der Waals surface area contributed by atoms with Crippen LogP contribution in [-0.4, -0.2) is 49.9 Å². The van der Waals surface area contributed by atoms with Gasteiger partial charge in [0.2, 0.25) is 0 Å². The number of imidazole rings is 1. The number of esters is 1. The smallest absolute Gasteiger partial charge is 0.309 e. The van der Waals surface area contributed by atoms with Gasteiger partial charge >= 0.3 is 11.9 Å². The quantitative estimate of drug-likeness (QED) is 0.229. The SMILES string of the molecule is CC(C)C1C(=O)C[C@]2(NC(=O)c3cncn3C)CC[C@]3(C)C(=C12)CC[C@@H]1[C@@]2(C)CC[C@H](OC(=O)CC(C)(C)C(=O)O)C(C)(C)[C@@H]2CC[C@]13C. The van der Waals surface area contributed by atoms with Crippen LogP contribution in [0.4, 0.5) is 0 Å². The lowest BCUT2D eigenvalue weighted by atomic mass is 9.34. The maximum Gasteiger partial charge on any atom is 0.309 e. The minimum absolute atomic E-state index is 0.00924. The number of aromatic nitrogens is 2. The molecule has 9 heteroatoms. The number of hydrogen-bond donors (Lipinski definition) is 2. The molecule has 4 saturated carbocycles. The van der Waals surface area contributed by atoms with Crippen LogP contribution >= 0.6 is 0 Å². The van der Waals surface area contributed by atoms with Crippen LogP contribution in [0.3, 0.4) is 0 Å². The van der Waals surface area contributed by atoms with E-state index in [4.69, 9.17) is 4.74 Å². The van der Waals surface area contributed by atoms with Crippen LogP contribution in [0, 0.1) is 50.7 Å². The van der Waals surface area contributed by atoms with Crippen molar-refractivity contribution in [3.8, 4) is 0 Å². The van der Waals surface area contributed by atoms with Crippen LogP contribution in [0.2, 0.25) is 0 Å². The van der Waals surface area contributed by atoms with Gasteiger partial charge < -0.3 is 19.7 Å². The second-order valence-corrected chi connectivity index (χ2v) is 18.8. The molecular formula is C40H59N3O6. The first kappa shape index (κ1) is 35.8. The number of carboxylic acid groups (broad SMARTS) is 1. The number of allylic oxidation sites excluding steroid dienone is 1. The van der Waals surface area contributed by atoms with Crippen molar-refractivity contribution < 1.29 is 29.0 Å². The van der Waals surface area contributed by atoms with Gasteiger partial charge in [0.05, 0.1) is 29.9 Å². The number of nitrogens with one attached hydrogen (secondary N) is 1. The van der Waals surface area contributed by atoms with Crippen molar-refractivity contribution in [2.75, 3.05) is 0 Å². The number of carbonyl (C=O) groups excluding carboxylic acids is 3. The van der Waals surface area contributed by atoms with E-state index in [9.17, 15) is 24.3 Å². The maximum atomic E-state index is 13.9. The highest BCUT2D eigenvalue weighted by atomic mass is 16.5. The minimum atomic E-state index is -1.17. The van der Waals surface area contributed by atoms with Crippen molar-refractivity contribution in [3.63, 3.8) is 0 Å². The molecule has 1 unspecified atom stereocenters. The first-order valence-corrected chi connectivity index (χ1v) is 18.6. The summed E-state index contributed by atoms with van der Waals surface area (Å²) in [5.74, 6) is -0.579. The van der Waals surface area contributed by atoms with Crippen LogP contribution in [-0.2, 0) is 26.2 Å². The molecule has 6 rings (SSSR count). The number of nitrogens with zero attached hydrogens (tertiary/aromatic N) is 2. The average Bonchev–Trinajstić information content (AvgIpc) is 3.54. The number of carboxylic acids is 1. The Labute approximate surface area is 292 Å². The number of ketones is 1. The normalized spacial score (nSPS) is 38.3. The fourth-order valence-electron chi connectivity index (χ4n) is 12.3. The van der Waals surface area contributed by atoms with E-state index in [-0.39, 0.29) is 57.7 Å². The molecule has 1 heterocycles. The van der Waals surface area contributed by atoms with Gasteiger partial charge in [-0.15, -0.1) is 0 Å². The van der Waals surface area contributed by atoms with E-state index in [0.29, 0.717) is 24.0 Å². The van der Waals surface area contributed by atoms with E-state index in [1.165, 1.54) is 11.1 Å². The Balaban J connectivity index is 1.33. The number of aryl methyl sites for hydroxylation is 1. The van der Waals surface area contributed by atoms with Crippen LogP contribution in [0.5, 0.6) is 0 Å². The molecule has 0 radical (unpaired) electrons. The molecule has 2 N–H and O–H groups in total. The lowest BCUT2D eigenvalue weighted by molar-refractivity contribution is -0.214. The van der Waals surface area contributed by atoms with E-state index in [2.05, 4.69) is 58.8 Å². The standard InChI is InChI=1S/C40H59N3O6/c1-23(2)31-26(44)19-40(42-33(46)25-21-41-22-43(25)10)18-17-38(8)24(32(31)40)11-12-28-37(7)15-14-29(49-30(45)20-35(3,4)34(47)48)36(5,6)27(37)13-16-39(28,38)9/h21-23,27-29,31H,11-20H2,1-10H3,(H,42,46)(H,47,48)/t27-,28+,29-,31?,37-,38+,39+,40+/m0/s1. The Kier molecular flexibility index (Phi) is 8.43. The lowest BCUT2D eigenvalue weighted by Crippen LogP contribution is -2.65. The summed E-state index contributed by atoms with van der Waals surface area (Å²) in [4.78, 5) is 56.6. The van der Waals surface area contributed by atoms with Gasteiger partial charge in [0.1, 0.15) is 17.6 Å². The molecule has 270 valence electrons. The molecule has 1 aromatic rings. The number of fused-ring (bicyclic) bond motifs is 6. The van der Waals surface area contributed by atoms with Gasteiger partial charge in [0.15, 0.2) is 0 Å². The molecule has 8 atom stereocenters. The van der Waals surface area contributed by atoms with E-state index >= 15 is 0 Å². The van der Waals surface area contributed by atoms with Crippen molar-refractivity contribution in [1.29, 1.82) is 0 Å². The van der Waals surface area contributed by atoms with Gasteiger partial charge in [-0.05, 0) is 105 Å². The molecule has 0 saturated heterocycles. The number of Topliss-reactive ketones (excluding diaryl/α,β-unsaturated/α-hetero) is 1. The monoisotopic (exact) mass is 677 g/mol. The Morgan fingerprint density at radius 3 is 2.35 bits per heavy atom. The number of hydrogen-bond acceptors (Lipinski definition) is 6. The third-order valence-corrected chi connectivity index (χ3v) is 15.1. The van der Waals surface area contributed by atoms with Gasteiger partial charge in [-0.1, -0.05) is 54.0 Å². The average molecular weight is 678 g/mol. The minimum Gasteiger partial charge on any atom is -0.481 e. The highest BCUT2D eigenvalue weighted by Gasteiger charge is 2.69. The zero-order chi connectivity index (χ0) is 36.1. The Hall–Kier alpha value is -2.97. The summed E-state index contributed by atoms with van der Waals surface area (Å²) < 4.78 is 7.88. The summed E-state index contributed by atoms with van der Waals surface area (Å²) in [5, 5.41) is 13.0. The van der Waals surface area contributed by atoms with Crippen LogP contribution in [0.25, 0.3) is 0 Å². The molecule has 1 amide bonds. The van der Waals surface area contributed by atoms with Crippen molar-refractivity contribution in [2.24, 2.45) is 57.8 Å². The summed E-state index contributed by atoms with van der Waals surface area (Å²) in [6, 6.07) is 0. The zero-order valence-corrected chi connectivity index (χ0v) is 31.5. The summed E-state index contributed by atoms with van der Waals surface area (Å²) in [5.41, 5.74) is 1.01. The number of aliphatic carboxylic acids is 1. The van der Waals surface area contributed by atoms with Gasteiger partial charge in [0, 0.05) is 24.8 Å². The topological polar surface area (TPSA) is 128 Å². The predicted molar refractivity (Wildman–Crippen MR) is 186 cm³/mol. The molecular weight excluding hydrogens is 618 g/mol. The van der Waals surface area contributed by atoms with Crippen LogP contribution in [0.15, 0.2) is 23.7 Å². The Morgan fingerprint density at radius 2 is 1.73 bits per heavy atom. The predicted octanol–water partition coefficient (Wildman–Crippen LogP) is 7.30. The Bertz CT molecular complexity index is 1600. The molecule has 0 spiro atoms. The molecule has 0 bridgehead atoms. The second kappa shape index (κ2) is 11.5. The molecule has 9 nitrogen and oxygen atoms in total. The second-order valence-electron chi connectivity index (χ2n) is 18.8. The van der Waals surface area contributed by atoms with Gasteiger partial charge in [-0.3, -0.25) is 19.2 Å². The zero-order valence-electron chi connectivity index (χ0n) is 31.5. The van der Waals surface area contributed by atoms with Gasteiger partial charge in [0.25, 0.3) is 5.91 Å². The Morgan fingerprint density at radius 1 is 1.04 bits per heavy atom. The summed E-state index contributed by atoms with van der Waals surface area (Å²) >= 11 is 0. The van der Waals surface area contributed by atoms with Crippen molar-refractivity contribution in [3.05, 3.63) is 29.4 Å². The van der Waals surface area contributed by atoms with Crippen molar-refractivity contribution in [2.45, 2.75) is 138 Å². The van der Waals surface area contributed by atoms with Crippen molar-refractivity contribution >= 4 is 23.6 Å². The fraction of sp³-hybridized carbons (Fsp3) is 0.775.